The number of carboxylic acid groups (broad SMARTS) is 1. The molecule has 0 aromatic heterocycles. The zero-order valence-corrected chi connectivity index (χ0v) is 12.1. The van der Waals surface area contributed by atoms with Crippen molar-refractivity contribution in [1.29, 1.82) is 0 Å². The SMILES string of the molecule is CCCC(C)N(C)C(=O)NCC(C)(CC)C(=O)O. The van der Waals surface area contributed by atoms with E-state index in [9.17, 15) is 9.59 Å². The van der Waals surface area contributed by atoms with Gasteiger partial charge in [-0.15, -0.1) is 0 Å². The molecule has 5 nitrogen and oxygen atoms in total. The Bertz CT molecular complexity index is 294. The summed E-state index contributed by atoms with van der Waals surface area (Å²) in [6.45, 7) is 7.66. The highest BCUT2D eigenvalue weighted by atomic mass is 16.4. The van der Waals surface area contributed by atoms with Gasteiger partial charge in [-0.3, -0.25) is 4.79 Å². The Morgan fingerprint density at radius 3 is 2.33 bits per heavy atom. The summed E-state index contributed by atoms with van der Waals surface area (Å²) in [5.74, 6) is -0.880. The van der Waals surface area contributed by atoms with E-state index in [4.69, 9.17) is 5.11 Å². The van der Waals surface area contributed by atoms with Crippen molar-refractivity contribution in [3.8, 4) is 0 Å². The molecule has 0 saturated carbocycles. The number of hydrogen-bond acceptors (Lipinski definition) is 2. The van der Waals surface area contributed by atoms with Crippen molar-refractivity contribution >= 4 is 12.0 Å². The second kappa shape index (κ2) is 7.24. The second-order valence-electron chi connectivity index (χ2n) is 5.13. The van der Waals surface area contributed by atoms with Gasteiger partial charge in [0.2, 0.25) is 0 Å². The molecule has 0 radical (unpaired) electrons. The fourth-order valence-electron chi connectivity index (χ4n) is 1.56. The Morgan fingerprint density at radius 1 is 1.39 bits per heavy atom. The number of nitrogens with zero attached hydrogens (tertiary/aromatic N) is 1. The zero-order chi connectivity index (χ0) is 14.3. The minimum Gasteiger partial charge on any atom is -0.481 e. The number of amides is 2. The molecule has 0 aliphatic heterocycles. The molecule has 0 fully saturated rings. The normalized spacial score (nSPS) is 15.6. The molecule has 0 saturated heterocycles. The predicted molar refractivity (Wildman–Crippen MR) is 71.6 cm³/mol. The molecule has 2 atom stereocenters. The second-order valence-corrected chi connectivity index (χ2v) is 5.13. The summed E-state index contributed by atoms with van der Waals surface area (Å²) in [6.07, 6.45) is 2.44. The Morgan fingerprint density at radius 2 is 1.94 bits per heavy atom. The quantitative estimate of drug-likeness (QED) is 0.736. The Hall–Kier alpha value is -1.26. The van der Waals surface area contributed by atoms with E-state index >= 15 is 0 Å². The molecule has 2 N–H and O–H groups in total. The molecule has 0 rings (SSSR count). The third-order valence-electron chi connectivity index (χ3n) is 3.61. The summed E-state index contributed by atoms with van der Waals surface area (Å²) in [5, 5.41) is 11.8. The summed E-state index contributed by atoms with van der Waals surface area (Å²) >= 11 is 0. The van der Waals surface area contributed by atoms with Crippen molar-refractivity contribution in [2.45, 2.75) is 53.0 Å². The van der Waals surface area contributed by atoms with E-state index in [1.54, 1.807) is 18.9 Å². The van der Waals surface area contributed by atoms with Crippen molar-refractivity contribution in [1.82, 2.24) is 10.2 Å². The topological polar surface area (TPSA) is 69.6 Å². The Balaban J connectivity index is 4.37. The molecular weight excluding hydrogens is 232 g/mol. The molecule has 0 aliphatic rings. The molecule has 2 unspecified atom stereocenters. The number of carbonyl (C=O) groups is 2. The maximum Gasteiger partial charge on any atom is 0.317 e. The molecule has 106 valence electrons. The lowest BCUT2D eigenvalue weighted by Crippen LogP contribution is -2.47. The van der Waals surface area contributed by atoms with Gasteiger partial charge in [-0.2, -0.15) is 0 Å². The minimum absolute atomic E-state index is 0.154. The van der Waals surface area contributed by atoms with Crippen LogP contribution in [0.2, 0.25) is 0 Å². The lowest BCUT2D eigenvalue weighted by atomic mass is 9.88. The van der Waals surface area contributed by atoms with Crippen molar-refractivity contribution in [2.75, 3.05) is 13.6 Å². The first-order chi connectivity index (χ1) is 8.28. The zero-order valence-electron chi connectivity index (χ0n) is 12.1. The van der Waals surface area contributed by atoms with Crippen molar-refractivity contribution < 1.29 is 14.7 Å². The first kappa shape index (κ1) is 16.7. The van der Waals surface area contributed by atoms with Gasteiger partial charge in [0.1, 0.15) is 0 Å². The lowest BCUT2D eigenvalue weighted by molar-refractivity contribution is -0.147. The molecule has 2 amide bonds. The highest BCUT2D eigenvalue weighted by Crippen LogP contribution is 2.20. The third-order valence-corrected chi connectivity index (χ3v) is 3.61. The van der Waals surface area contributed by atoms with Gasteiger partial charge in [0.05, 0.1) is 5.41 Å². The Kier molecular flexibility index (Phi) is 6.73. The molecule has 0 aliphatic carbocycles. The average Bonchev–Trinajstić information content (AvgIpc) is 2.34. The molecule has 18 heavy (non-hydrogen) atoms. The van der Waals surface area contributed by atoms with Crippen LogP contribution in [-0.4, -0.2) is 41.6 Å². The fourth-order valence-corrected chi connectivity index (χ4v) is 1.56. The van der Waals surface area contributed by atoms with Crippen molar-refractivity contribution in [3.63, 3.8) is 0 Å². The van der Waals surface area contributed by atoms with E-state index in [2.05, 4.69) is 12.2 Å². The summed E-state index contributed by atoms with van der Waals surface area (Å²) in [5.41, 5.74) is -0.898. The molecule has 0 bridgehead atoms. The number of aliphatic carboxylic acids is 1. The van der Waals surface area contributed by atoms with Gasteiger partial charge in [-0.1, -0.05) is 20.3 Å². The molecule has 0 heterocycles. The summed E-state index contributed by atoms with van der Waals surface area (Å²) in [7, 11) is 1.74. The summed E-state index contributed by atoms with van der Waals surface area (Å²) in [4.78, 5) is 24.6. The molecule has 0 aromatic carbocycles. The summed E-state index contributed by atoms with van der Waals surface area (Å²) in [6, 6.07) is -0.0513. The monoisotopic (exact) mass is 258 g/mol. The van der Waals surface area contributed by atoms with Crippen LogP contribution in [-0.2, 0) is 4.79 Å². The first-order valence-corrected chi connectivity index (χ1v) is 6.52. The average molecular weight is 258 g/mol. The van der Waals surface area contributed by atoms with E-state index < -0.39 is 11.4 Å². The van der Waals surface area contributed by atoms with Crippen LogP contribution < -0.4 is 5.32 Å². The summed E-state index contributed by atoms with van der Waals surface area (Å²) < 4.78 is 0. The van der Waals surface area contributed by atoms with Crippen LogP contribution in [0.4, 0.5) is 4.79 Å². The Labute approximate surface area is 110 Å². The van der Waals surface area contributed by atoms with Gasteiger partial charge >= 0.3 is 12.0 Å². The van der Waals surface area contributed by atoms with Gasteiger partial charge in [-0.05, 0) is 26.7 Å². The first-order valence-electron chi connectivity index (χ1n) is 6.52. The molecule has 0 spiro atoms. The standard InChI is InChI=1S/C13H26N2O3/c1-6-8-10(3)15(5)12(18)14-9-13(4,7-2)11(16)17/h10H,6-9H2,1-5H3,(H,14,18)(H,16,17). The number of urea groups is 1. The lowest BCUT2D eigenvalue weighted by Gasteiger charge is -2.28. The van der Waals surface area contributed by atoms with Gasteiger partial charge in [0.25, 0.3) is 0 Å². The fraction of sp³-hybridized carbons (Fsp3) is 0.846. The molecule has 0 aromatic rings. The van der Waals surface area contributed by atoms with E-state index in [1.807, 2.05) is 13.8 Å². The van der Waals surface area contributed by atoms with Crippen LogP contribution in [0.3, 0.4) is 0 Å². The van der Waals surface area contributed by atoms with E-state index in [1.165, 1.54) is 0 Å². The van der Waals surface area contributed by atoms with Crippen LogP contribution in [0.5, 0.6) is 0 Å². The smallest absolute Gasteiger partial charge is 0.317 e. The number of nitrogens with one attached hydrogen (secondary N) is 1. The highest BCUT2D eigenvalue weighted by Gasteiger charge is 2.32. The van der Waals surface area contributed by atoms with E-state index in [-0.39, 0.29) is 18.6 Å². The van der Waals surface area contributed by atoms with Crippen LogP contribution >= 0.6 is 0 Å². The van der Waals surface area contributed by atoms with Gasteiger partial charge in [-0.25, -0.2) is 4.79 Å². The molecular formula is C13H26N2O3. The molecule has 5 heteroatoms. The van der Waals surface area contributed by atoms with Crippen molar-refractivity contribution in [2.24, 2.45) is 5.41 Å². The van der Waals surface area contributed by atoms with E-state index in [0.29, 0.717) is 6.42 Å². The predicted octanol–water partition coefficient (Wildman–Crippen LogP) is 2.32. The number of carboxylic acids is 1. The third kappa shape index (κ3) is 4.55. The minimum atomic E-state index is -0.898. The van der Waals surface area contributed by atoms with Gasteiger partial charge < -0.3 is 15.3 Å². The number of hydrogen-bond donors (Lipinski definition) is 2. The number of carbonyl (C=O) groups excluding carboxylic acids is 1. The maximum atomic E-state index is 11.9. The van der Waals surface area contributed by atoms with Crippen molar-refractivity contribution in [3.05, 3.63) is 0 Å². The maximum absolute atomic E-state index is 11.9. The van der Waals surface area contributed by atoms with Crippen LogP contribution in [0.15, 0.2) is 0 Å². The number of rotatable bonds is 7. The largest absolute Gasteiger partial charge is 0.481 e. The van der Waals surface area contributed by atoms with Crippen LogP contribution in [0.25, 0.3) is 0 Å². The van der Waals surface area contributed by atoms with E-state index in [0.717, 1.165) is 12.8 Å². The van der Waals surface area contributed by atoms with Crippen LogP contribution in [0, 0.1) is 5.41 Å². The highest BCUT2D eigenvalue weighted by molar-refractivity contribution is 5.77. The van der Waals surface area contributed by atoms with Gasteiger partial charge in [0, 0.05) is 19.6 Å². The van der Waals surface area contributed by atoms with Crippen LogP contribution in [0.1, 0.15) is 47.0 Å². The van der Waals surface area contributed by atoms with Gasteiger partial charge in [0.15, 0.2) is 0 Å².